The fourth-order valence-corrected chi connectivity index (χ4v) is 1.20. The summed E-state index contributed by atoms with van der Waals surface area (Å²) in [5, 5.41) is 0. The van der Waals surface area contributed by atoms with E-state index in [0.29, 0.717) is 18.4 Å². The average molecular weight is 180 g/mol. The van der Waals surface area contributed by atoms with Crippen LogP contribution < -0.4 is 11.5 Å². The van der Waals surface area contributed by atoms with Crippen LogP contribution in [0.1, 0.15) is 18.3 Å². The summed E-state index contributed by atoms with van der Waals surface area (Å²) in [6.45, 7) is 4.67. The Balaban J connectivity index is 2.77. The molecule has 1 atom stereocenters. The lowest BCUT2D eigenvalue weighted by Gasteiger charge is -2.08. The molecule has 1 aromatic heterocycles. The van der Waals surface area contributed by atoms with E-state index in [0.717, 1.165) is 17.8 Å². The number of aromatic nitrogens is 2. The van der Waals surface area contributed by atoms with Crippen LogP contribution in [0.4, 0.5) is 5.95 Å². The van der Waals surface area contributed by atoms with Crippen molar-refractivity contribution < 1.29 is 0 Å². The van der Waals surface area contributed by atoms with E-state index >= 15 is 0 Å². The third-order valence-electron chi connectivity index (χ3n) is 1.88. The first kappa shape index (κ1) is 9.92. The second-order valence-corrected chi connectivity index (χ2v) is 3.40. The highest BCUT2D eigenvalue weighted by atomic mass is 15.0. The van der Waals surface area contributed by atoms with Crippen LogP contribution in [-0.2, 0) is 6.42 Å². The van der Waals surface area contributed by atoms with Gasteiger partial charge in [-0.05, 0) is 31.9 Å². The van der Waals surface area contributed by atoms with Crippen molar-refractivity contribution in [1.29, 1.82) is 0 Å². The van der Waals surface area contributed by atoms with Gasteiger partial charge in [-0.3, -0.25) is 0 Å². The number of aryl methyl sites for hydroxylation is 1. The van der Waals surface area contributed by atoms with Crippen LogP contribution in [0.3, 0.4) is 0 Å². The molecule has 0 radical (unpaired) electrons. The highest BCUT2D eigenvalue weighted by molar-refractivity contribution is 5.22. The summed E-state index contributed by atoms with van der Waals surface area (Å²) in [5.74, 6) is 0.785. The third-order valence-corrected chi connectivity index (χ3v) is 1.88. The summed E-state index contributed by atoms with van der Waals surface area (Å²) in [4.78, 5) is 8.14. The quantitative estimate of drug-likeness (QED) is 0.710. The van der Waals surface area contributed by atoms with Crippen molar-refractivity contribution >= 4 is 5.95 Å². The highest BCUT2D eigenvalue weighted by Crippen LogP contribution is 2.07. The molecular formula is C9H16N4. The Morgan fingerprint density at radius 3 is 2.69 bits per heavy atom. The minimum atomic E-state index is 0.347. The van der Waals surface area contributed by atoms with E-state index in [2.05, 4.69) is 16.9 Å². The Kier molecular flexibility index (Phi) is 3.19. The maximum atomic E-state index is 5.52. The topological polar surface area (TPSA) is 77.8 Å². The van der Waals surface area contributed by atoms with E-state index in [4.69, 9.17) is 11.5 Å². The standard InChI is InChI=1S/C9H16N4/c1-6(5-10)3-8-4-7(2)12-9(11)13-8/h4,6H,3,5,10H2,1-2H3,(H2,11,12,13). The van der Waals surface area contributed by atoms with Crippen LogP contribution in [-0.4, -0.2) is 16.5 Å². The van der Waals surface area contributed by atoms with E-state index in [1.807, 2.05) is 13.0 Å². The summed E-state index contributed by atoms with van der Waals surface area (Å²) in [7, 11) is 0. The monoisotopic (exact) mass is 180 g/mol. The van der Waals surface area contributed by atoms with Crippen molar-refractivity contribution in [3.05, 3.63) is 17.5 Å². The molecule has 0 aromatic carbocycles. The van der Waals surface area contributed by atoms with Gasteiger partial charge in [0.1, 0.15) is 0 Å². The van der Waals surface area contributed by atoms with Crippen molar-refractivity contribution in [3.63, 3.8) is 0 Å². The SMILES string of the molecule is Cc1cc(CC(C)CN)nc(N)n1. The van der Waals surface area contributed by atoms with Crippen LogP contribution in [0.5, 0.6) is 0 Å². The molecule has 0 bridgehead atoms. The number of hydrogen-bond donors (Lipinski definition) is 2. The molecule has 0 saturated carbocycles. The Bertz CT molecular complexity index is 265. The van der Waals surface area contributed by atoms with Gasteiger partial charge in [-0.1, -0.05) is 6.92 Å². The van der Waals surface area contributed by atoms with Crippen molar-refractivity contribution in [2.75, 3.05) is 12.3 Å². The lowest BCUT2D eigenvalue weighted by Crippen LogP contribution is -2.14. The van der Waals surface area contributed by atoms with Crippen molar-refractivity contribution in [3.8, 4) is 0 Å². The van der Waals surface area contributed by atoms with Crippen molar-refractivity contribution in [2.45, 2.75) is 20.3 Å². The zero-order valence-corrected chi connectivity index (χ0v) is 8.12. The molecule has 4 N–H and O–H groups in total. The number of nitrogens with two attached hydrogens (primary N) is 2. The maximum absolute atomic E-state index is 5.52. The fraction of sp³-hybridized carbons (Fsp3) is 0.556. The van der Waals surface area contributed by atoms with Crippen molar-refractivity contribution in [2.24, 2.45) is 11.7 Å². The second kappa shape index (κ2) is 4.18. The molecule has 1 heterocycles. The highest BCUT2D eigenvalue weighted by Gasteiger charge is 2.04. The zero-order valence-electron chi connectivity index (χ0n) is 8.12. The van der Waals surface area contributed by atoms with Crippen LogP contribution in [0.2, 0.25) is 0 Å². The number of rotatable bonds is 3. The summed E-state index contributed by atoms with van der Waals surface area (Å²) < 4.78 is 0. The summed E-state index contributed by atoms with van der Waals surface area (Å²) in [5.41, 5.74) is 12.9. The minimum Gasteiger partial charge on any atom is -0.368 e. The molecule has 0 aliphatic heterocycles. The average Bonchev–Trinajstić information content (AvgIpc) is 2.02. The Hall–Kier alpha value is -1.16. The van der Waals surface area contributed by atoms with Gasteiger partial charge in [-0.25, -0.2) is 9.97 Å². The molecule has 0 amide bonds. The number of nitrogen functional groups attached to an aromatic ring is 1. The van der Waals surface area contributed by atoms with E-state index in [1.165, 1.54) is 0 Å². The summed E-state index contributed by atoms with van der Waals surface area (Å²) >= 11 is 0. The van der Waals surface area contributed by atoms with E-state index in [1.54, 1.807) is 0 Å². The first-order valence-electron chi connectivity index (χ1n) is 4.42. The molecule has 1 rings (SSSR count). The maximum Gasteiger partial charge on any atom is 0.220 e. The van der Waals surface area contributed by atoms with Gasteiger partial charge in [0.2, 0.25) is 5.95 Å². The number of hydrogen-bond acceptors (Lipinski definition) is 4. The molecule has 72 valence electrons. The van der Waals surface area contributed by atoms with Crippen LogP contribution in [0.15, 0.2) is 6.07 Å². The van der Waals surface area contributed by atoms with Gasteiger partial charge in [0.05, 0.1) is 0 Å². The number of nitrogens with zero attached hydrogens (tertiary/aromatic N) is 2. The van der Waals surface area contributed by atoms with Gasteiger partial charge in [0.25, 0.3) is 0 Å². The molecule has 13 heavy (non-hydrogen) atoms. The molecule has 0 aliphatic rings. The lowest BCUT2D eigenvalue weighted by molar-refractivity contribution is 0.583. The van der Waals surface area contributed by atoms with E-state index in [-0.39, 0.29) is 0 Å². The van der Waals surface area contributed by atoms with Gasteiger partial charge in [-0.2, -0.15) is 0 Å². The predicted octanol–water partition coefficient (Wildman–Crippen LogP) is 0.505. The molecule has 0 aliphatic carbocycles. The second-order valence-electron chi connectivity index (χ2n) is 3.40. The first-order valence-corrected chi connectivity index (χ1v) is 4.42. The van der Waals surface area contributed by atoms with E-state index in [9.17, 15) is 0 Å². The first-order chi connectivity index (χ1) is 6.11. The van der Waals surface area contributed by atoms with Gasteiger partial charge < -0.3 is 11.5 Å². The fourth-order valence-electron chi connectivity index (χ4n) is 1.20. The van der Waals surface area contributed by atoms with E-state index < -0.39 is 0 Å². The number of anilines is 1. The molecular weight excluding hydrogens is 164 g/mol. The van der Waals surface area contributed by atoms with Crippen LogP contribution in [0.25, 0.3) is 0 Å². The molecule has 4 heteroatoms. The largest absolute Gasteiger partial charge is 0.368 e. The zero-order chi connectivity index (χ0) is 9.84. The molecule has 4 nitrogen and oxygen atoms in total. The molecule has 0 spiro atoms. The molecule has 0 saturated heterocycles. The molecule has 1 unspecified atom stereocenters. The predicted molar refractivity (Wildman–Crippen MR) is 53.1 cm³/mol. The summed E-state index contributed by atoms with van der Waals surface area (Å²) in [6, 6.07) is 1.95. The smallest absolute Gasteiger partial charge is 0.220 e. The normalized spacial score (nSPS) is 12.8. The van der Waals surface area contributed by atoms with Gasteiger partial charge in [0.15, 0.2) is 0 Å². The van der Waals surface area contributed by atoms with Crippen LogP contribution in [0, 0.1) is 12.8 Å². The van der Waals surface area contributed by atoms with Gasteiger partial charge in [-0.15, -0.1) is 0 Å². The molecule has 1 aromatic rings. The van der Waals surface area contributed by atoms with Crippen molar-refractivity contribution in [1.82, 2.24) is 9.97 Å². The lowest BCUT2D eigenvalue weighted by atomic mass is 10.1. The minimum absolute atomic E-state index is 0.347. The Labute approximate surface area is 78.4 Å². The summed E-state index contributed by atoms with van der Waals surface area (Å²) in [6.07, 6.45) is 0.865. The Morgan fingerprint density at radius 2 is 2.15 bits per heavy atom. The van der Waals surface area contributed by atoms with Gasteiger partial charge in [0, 0.05) is 11.4 Å². The van der Waals surface area contributed by atoms with Crippen LogP contribution >= 0.6 is 0 Å². The third kappa shape index (κ3) is 2.99. The van der Waals surface area contributed by atoms with Gasteiger partial charge >= 0.3 is 0 Å². The Morgan fingerprint density at radius 1 is 1.46 bits per heavy atom. The molecule has 0 fully saturated rings.